The lowest BCUT2D eigenvalue weighted by molar-refractivity contribution is 0.0261. The number of hydrogen-bond donors (Lipinski definition) is 1. The molecule has 4 heterocycles. The molecule has 0 aliphatic carbocycles. The second-order valence-electron chi connectivity index (χ2n) is 6.59. The molecule has 1 amide bonds. The number of likely N-dealkylation sites (tertiary alicyclic amines) is 1. The molecule has 1 N–H and O–H groups in total. The number of morpholine rings is 1. The number of nitrogens with one attached hydrogen (secondary N) is 1. The summed E-state index contributed by atoms with van der Waals surface area (Å²) in [5.74, 6) is 0.867. The Kier molecular flexibility index (Phi) is 4.20. The normalized spacial score (nSPS) is 22.4. The Balaban J connectivity index is 1.55. The van der Waals surface area contributed by atoms with E-state index in [2.05, 4.69) is 19.9 Å². The van der Waals surface area contributed by atoms with Gasteiger partial charge in [0.1, 0.15) is 5.82 Å². The van der Waals surface area contributed by atoms with Crippen LogP contribution in [0.15, 0.2) is 12.3 Å². The van der Waals surface area contributed by atoms with Crippen molar-refractivity contribution >= 4 is 17.1 Å². The van der Waals surface area contributed by atoms with Crippen LogP contribution >= 0.6 is 0 Å². The van der Waals surface area contributed by atoms with Crippen molar-refractivity contribution in [2.45, 2.75) is 25.8 Å². The summed E-state index contributed by atoms with van der Waals surface area (Å²) in [5.41, 5.74) is 2.04. The third-order valence-electron chi connectivity index (χ3n) is 4.95. The molecule has 2 saturated heterocycles. The highest BCUT2D eigenvalue weighted by molar-refractivity contribution is 6.04. The molecule has 0 unspecified atom stereocenters. The summed E-state index contributed by atoms with van der Waals surface area (Å²) in [6, 6.07) is 2.08. The highest BCUT2D eigenvalue weighted by atomic mass is 16.5. The van der Waals surface area contributed by atoms with Crippen LogP contribution in [0.2, 0.25) is 0 Å². The molecule has 0 spiro atoms. The third kappa shape index (κ3) is 2.89. The molecule has 2 aliphatic rings. The number of aryl methyl sites for hydroxylation is 1. The summed E-state index contributed by atoms with van der Waals surface area (Å²) in [7, 11) is 0. The number of H-pyrrole nitrogens is 1. The fourth-order valence-corrected chi connectivity index (χ4v) is 3.73. The molecule has 0 saturated carbocycles. The Bertz CT molecular complexity index is 738. The molecule has 2 aromatic heterocycles. The molecule has 2 aromatic rings. The monoisotopic (exact) mass is 329 g/mol. The van der Waals surface area contributed by atoms with Gasteiger partial charge in [-0.3, -0.25) is 9.69 Å². The number of imidazole rings is 1. The van der Waals surface area contributed by atoms with Crippen LogP contribution in [0.4, 0.5) is 0 Å². The molecule has 0 bridgehead atoms. The third-order valence-corrected chi connectivity index (χ3v) is 4.95. The van der Waals surface area contributed by atoms with Gasteiger partial charge in [0, 0.05) is 38.4 Å². The molecule has 2 fully saturated rings. The van der Waals surface area contributed by atoms with Crippen LogP contribution in [-0.2, 0) is 4.74 Å². The van der Waals surface area contributed by atoms with Gasteiger partial charge in [-0.15, -0.1) is 0 Å². The maximum atomic E-state index is 13.1. The average molecular weight is 329 g/mol. The molecule has 0 radical (unpaired) electrons. The predicted octanol–water partition coefficient (Wildman–Crippen LogP) is 1.20. The van der Waals surface area contributed by atoms with E-state index in [0.717, 1.165) is 63.6 Å². The Labute approximate surface area is 141 Å². The minimum atomic E-state index is 0.0850. The van der Waals surface area contributed by atoms with Gasteiger partial charge in [0.25, 0.3) is 5.91 Å². The first-order chi connectivity index (χ1) is 11.7. The zero-order chi connectivity index (χ0) is 16.5. The van der Waals surface area contributed by atoms with Gasteiger partial charge in [-0.1, -0.05) is 0 Å². The predicted molar refractivity (Wildman–Crippen MR) is 89.9 cm³/mol. The maximum Gasteiger partial charge on any atom is 0.256 e. The van der Waals surface area contributed by atoms with Crippen molar-refractivity contribution in [3.05, 3.63) is 23.7 Å². The number of fused-ring (bicyclic) bond motifs is 1. The lowest BCUT2D eigenvalue weighted by atomic mass is 10.1. The smallest absolute Gasteiger partial charge is 0.256 e. The zero-order valence-corrected chi connectivity index (χ0v) is 14.0. The molecule has 2 aliphatic heterocycles. The van der Waals surface area contributed by atoms with Gasteiger partial charge in [-0.2, -0.15) is 0 Å². The van der Waals surface area contributed by atoms with Crippen molar-refractivity contribution in [1.29, 1.82) is 0 Å². The van der Waals surface area contributed by atoms with Crippen molar-refractivity contribution in [2.24, 2.45) is 0 Å². The van der Waals surface area contributed by atoms with Crippen molar-refractivity contribution in [3.63, 3.8) is 0 Å². The van der Waals surface area contributed by atoms with E-state index in [1.807, 2.05) is 11.8 Å². The number of carbonyl (C=O) groups is 1. The van der Waals surface area contributed by atoms with E-state index in [0.29, 0.717) is 11.2 Å². The second-order valence-corrected chi connectivity index (χ2v) is 6.59. The molecular formula is C17H23N5O2. The average Bonchev–Trinajstić information content (AvgIpc) is 3.20. The maximum absolute atomic E-state index is 13.1. The van der Waals surface area contributed by atoms with E-state index in [9.17, 15) is 4.79 Å². The van der Waals surface area contributed by atoms with Gasteiger partial charge in [0.05, 0.1) is 24.3 Å². The number of rotatable bonds is 3. The Hall–Kier alpha value is -1.99. The van der Waals surface area contributed by atoms with E-state index in [1.54, 1.807) is 12.3 Å². The van der Waals surface area contributed by atoms with Crippen LogP contribution in [0.5, 0.6) is 0 Å². The topological polar surface area (TPSA) is 74.3 Å². The number of aromatic amines is 1. The Morgan fingerprint density at radius 1 is 1.38 bits per heavy atom. The van der Waals surface area contributed by atoms with Gasteiger partial charge in [-0.05, 0) is 25.8 Å². The van der Waals surface area contributed by atoms with E-state index >= 15 is 0 Å². The highest BCUT2D eigenvalue weighted by Gasteiger charge is 2.32. The summed E-state index contributed by atoms with van der Waals surface area (Å²) in [6.07, 6.45) is 3.80. The number of ether oxygens (including phenoxy) is 1. The summed E-state index contributed by atoms with van der Waals surface area (Å²) in [4.78, 5) is 29.3. The quantitative estimate of drug-likeness (QED) is 0.916. The van der Waals surface area contributed by atoms with Crippen LogP contribution in [0.3, 0.4) is 0 Å². The molecule has 24 heavy (non-hydrogen) atoms. The number of aromatic nitrogens is 3. The van der Waals surface area contributed by atoms with Gasteiger partial charge in [0.2, 0.25) is 0 Å². The molecular weight excluding hydrogens is 306 g/mol. The zero-order valence-electron chi connectivity index (χ0n) is 14.0. The van der Waals surface area contributed by atoms with Crippen LogP contribution in [0, 0.1) is 6.92 Å². The number of hydrogen-bond acceptors (Lipinski definition) is 5. The minimum Gasteiger partial charge on any atom is -0.379 e. The van der Waals surface area contributed by atoms with E-state index in [4.69, 9.17) is 4.74 Å². The fraction of sp³-hybridized carbons (Fsp3) is 0.588. The lowest BCUT2D eigenvalue weighted by Gasteiger charge is -2.33. The van der Waals surface area contributed by atoms with Crippen molar-refractivity contribution in [3.8, 4) is 0 Å². The summed E-state index contributed by atoms with van der Waals surface area (Å²) in [5, 5.41) is 0. The first-order valence-corrected chi connectivity index (χ1v) is 8.65. The first-order valence-electron chi connectivity index (χ1n) is 8.65. The summed E-state index contributed by atoms with van der Waals surface area (Å²) < 4.78 is 5.42. The van der Waals surface area contributed by atoms with Crippen LogP contribution in [0.25, 0.3) is 11.2 Å². The summed E-state index contributed by atoms with van der Waals surface area (Å²) >= 11 is 0. The number of pyridine rings is 1. The van der Waals surface area contributed by atoms with E-state index < -0.39 is 0 Å². The number of amides is 1. The van der Waals surface area contributed by atoms with Gasteiger partial charge < -0.3 is 14.6 Å². The first kappa shape index (κ1) is 15.5. The van der Waals surface area contributed by atoms with Crippen molar-refractivity contribution in [1.82, 2.24) is 24.8 Å². The van der Waals surface area contributed by atoms with Crippen LogP contribution in [0.1, 0.15) is 29.0 Å². The molecule has 7 heteroatoms. The van der Waals surface area contributed by atoms with Crippen LogP contribution in [-0.4, -0.2) is 76.1 Å². The lowest BCUT2D eigenvalue weighted by Crippen LogP contribution is -2.46. The van der Waals surface area contributed by atoms with Gasteiger partial charge in [-0.25, -0.2) is 9.97 Å². The van der Waals surface area contributed by atoms with Crippen LogP contribution < -0.4 is 0 Å². The molecule has 128 valence electrons. The molecule has 7 nitrogen and oxygen atoms in total. The SMILES string of the molecule is Cc1nc2nccc(C(=O)N3CCC[C@H]3CN3CCOCC3)c2[nH]1. The minimum absolute atomic E-state index is 0.0850. The Morgan fingerprint density at radius 2 is 2.21 bits per heavy atom. The number of nitrogens with zero attached hydrogens (tertiary/aromatic N) is 4. The summed E-state index contributed by atoms with van der Waals surface area (Å²) in [6.45, 7) is 7.14. The molecule has 4 rings (SSSR count). The number of carbonyl (C=O) groups excluding carboxylic acids is 1. The second kappa shape index (κ2) is 6.49. The molecule has 1 atom stereocenters. The molecule has 0 aromatic carbocycles. The van der Waals surface area contributed by atoms with Crippen molar-refractivity contribution in [2.75, 3.05) is 39.4 Å². The standard InChI is InChI=1S/C17H23N5O2/c1-12-19-15-14(4-5-18-16(15)20-12)17(23)22-6-2-3-13(22)11-21-7-9-24-10-8-21/h4-5,13H,2-3,6-11H2,1H3,(H,18,19,20)/t13-/m0/s1. The van der Waals surface area contributed by atoms with E-state index in [-0.39, 0.29) is 11.9 Å². The van der Waals surface area contributed by atoms with E-state index in [1.165, 1.54) is 0 Å². The fourth-order valence-electron chi connectivity index (χ4n) is 3.73. The van der Waals surface area contributed by atoms with Crippen molar-refractivity contribution < 1.29 is 9.53 Å². The highest BCUT2D eigenvalue weighted by Crippen LogP contribution is 2.24. The van der Waals surface area contributed by atoms with Gasteiger partial charge >= 0.3 is 0 Å². The van der Waals surface area contributed by atoms with Gasteiger partial charge in [0.15, 0.2) is 5.65 Å². The Morgan fingerprint density at radius 3 is 3.04 bits per heavy atom. The largest absolute Gasteiger partial charge is 0.379 e.